The largest absolute Gasteiger partial charge is 0.379 e. The molecule has 4 rings (SSSR count). The summed E-state index contributed by atoms with van der Waals surface area (Å²) in [5, 5.41) is 12.5. The van der Waals surface area contributed by atoms with Gasteiger partial charge in [-0.15, -0.1) is 0 Å². The molecule has 0 atom stereocenters. The van der Waals surface area contributed by atoms with Gasteiger partial charge in [-0.25, -0.2) is 8.42 Å². The molecule has 1 aliphatic rings. The second-order valence-corrected chi connectivity index (χ2v) is 9.95. The Bertz CT molecular complexity index is 1200. The Labute approximate surface area is 193 Å². The van der Waals surface area contributed by atoms with Crippen molar-refractivity contribution in [2.45, 2.75) is 17.9 Å². The maximum Gasteiger partial charge on any atom is 0.269 e. The van der Waals surface area contributed by atoms with E-state index in [0.717, 1.165) is 25.0 Å². The average molecular weight is 470 g/mol. The van der Waals surface area contributed by atoms with Gasteiger partial charge in [0.15, 0.2) is 0 Å². The first kappa shape index (κ1) is 23.3. The zero-order valence-electron chi connectivity index (χ0n) is 18.3. The highest BCUT2D eigenvalue weighted by Crippen LogP contribution is 2.27. The lowest BCUT2D eigenvalue weighted by Crippen LogP contribution is -2.39. The van der Waals surface area contributed by atoms with Crippen LogP contribution in [0.3, 0.4) is 0 Å². The number of nitro groups is 1. The quantitative estimate of drug-likeness (QED) is 0.351. The lowest BCUT2D eigenvalue weighted by atomic mass is 10.1. The number of nitro benzene ring substituents is 1. The van der Waals surface area contributed by atoms with Crippen LogP contribution >= 0.6 is 0 Å². The Morgan fingerprint density at radius 2 is 1.67 bits per heavy atom. The Morgan fingerprint density at radius 1 is 0.970 bits per heavy atom. The summed E-state index contributed by atoms with van der Waals surface area (Å²) in [6.07, 6.45) is 0.678. The van der Waals surface area contributed by atoms with Crippen LogP contribution in [0.1, 0.15) is 12.0 Å². The predicted octanol–water partition coefficient (Wildman–Crippen LogP) is 3.66. The van der Waals surface area contributed by atoms with Crippen molar-refractivity contribution in [3.05, 3.63) is 82.4 Å². The first-order valence-electron chi connectivity index (χ1n) is 11.0. The first-order valence-corrected chi connectivity index (χ1v) is 12.4. The van der Waals surface area contributed by atoms with Crippen molar-refractivity contribution in [2.75, 3.05) is 39.4 Å². The van der Waals surface area contributed by atoms with E-state index in [2.05, 4.69) is 4.90 Å². The summed E-state index contributed by atoms with van der Waals surface area (Å²) in [7, 11) is -3.80. The van der Waals surface area contributed by atoms with Crippen molar-refractivity contribution in [3.8, 4) is 0 Å². The molecule has 33 heavy (non-hydrogen) atoms. The molecule has 174 valence electrons. The van der Waals surface area contributed by atoms with Crippen molar-refractivity contribution in [2.24, 2.45) is 0 Å². The number of ether oxygens (including phenoxy) is 1. The molecule has 0 aromatic heterocycles. The van der Waals surface area contributed by atoms with Crippen LogP contribution in [0.5, 0.6) is 0 Å². The van der Waals surface area contributed by atoms with Crippen LogP contribution < -0.4 is 0 Å². The summed E-state index contributed by atoms with van der Waals surface area (Å²) in [6.45, 7) is 4.36. The van der Waals surface area contributed by atoms with Gasteiger partial charge >= 0.3 is 0 Å². The number of sulfonamides is 1. The zero-order valence-corrected chi connectivity index (χ0v) is 19.1. The molecule has 0 amide bonds. The van der Waals surface area contributed by atoms with E-state index in [1.54, 1.807) is 24.3 Å². The second-order valence-electron chi connectivity index (χ2n) is 8.05. The molecule has 8 nitrogen and oxygen atoms in total. The summed E-state index contributed by atoms with van der Waals surface area (Å²) < 4.78 is 34.5. The molecule has 0 saturated carbocycles. The fraction of sp³-hybridized carbons (Fsp3) is 0.333. The van der Waals surface area contributed by atoms with Crippen LogP contribution in [-0.4, -0.2) is 61.9 Å². The number of fused-ring (bicyclic) bond motifs is 1. The van der Waals surface area contributed by atoms with Gasteiger partial charge in [-0.1, -0.05) is 48.5 Å². The van der Waals surface area contributed by atoms with Gasteiger partial charge in [-0.2, -0.15) is 4.31 Å². The van der Waals surface area contributed by atoms with Crippen molar-refractivity contribution in [3.63, 3.8) is 0 Å². The van der Waals surface area contributed by atoms with Crippen LogP contribution in [0, 0.1) is 10.1 Å². The van der Waals surface area contributed by atoms with E-state index in [9.17, 15) is 18.5 Å². The van der Waals surface area contributed by atoms with E-state index >= 15 is 0 Å². The van der Waals surface area contributed by atoms with E-state index in [1.807, 2.05) is 30.3 Å². The van der Waals surface area contributed by atoms with E-state index in [0.29, 0.717) is 37.1 Å². The van der Waals surface area contributed by atoms with Crippen LogP contribution in [0.25, 0.3) is 10.8 Å². The minimum Gasteiger partial charge on any atom is -0.379 e. The Hall–Kier alpha value is -2.85. The van der Waals surface area contributed by atoms with Gasteiger partial charge in [0, 0.05) is 43.7 Å². The number of rotatable bonds is 9. The van der Waals surface area contributed by atoms with Gasteiger partial charge < -0.3 is 4.74 Å². The molecule has 0 N–H and O–H groups in total. The molecule has 0 aliphatic carbocycles. The predicted molar refractivity (Wildman–Crippen MR) is 127 cm³/mol. The molecule has 1 fully saturated rings. The molecule has 3 aromatic rings. The SMILES string of the molecule is O=[N+]([O-])c1ccc(CN(CCCN2CCOCC2)S(=O)(=O)c2cccc3ccccc23)cc1. The number of nitrogens with zero attached hydrogens (tertiary/aromatic N) is 3. The van der Waals surface area contributed by atoms with E-state index in [4.69, 9.17) is 4.74 Å². The molecule has 0 bridgehead atoms. The van der Waals surface area contributed by atoms with Crippen LogP contribution in [0.2, 0.25) is 0 Å². The molecule has 0 spiro atoms. The summed E-state index contributed by atoms with van der Waals surface area (Å²) in [5.41, 5.74) is 0.685. The minimum absolute atomic E-state index is 0.0190. The van der Waals surface area contributed by atoms with Crippen LogP contribution in [0.4, 0.5) is 5.69 Å². The van der Waals surface area contributed by atoms with Gasteiger partial charge in [0.1, 0.15) is 0 Å². The van der Waals surface area contributed by atoms with Gasteiger partial charge in [0.2, 0.25) is 10.0 Å². The molecule has 1 saturated heterocycles. The monoisotopic (exact) mass is 469 g/mol. The number of hydrogen-bond acceptors (Lipinski definition) is 6. The summed E-state index contributed by atoms with van der Waals surface area (Å²) >= 11 is 0. The molecule has 0 unspecified atom stereocenters. The summed E-state index contributed by atoms with van der Waals surface area (Å²) in [4.78, 5) is 13.1. The van der Waals surface area contributed by atoms with Gasteiger partial charge in [-0.05, 0) is 30.0 Å². The van der Waals surface area contributed by atoms with E-state index in [-0.39, 0.29) is 17.1 Å². The first-order chi connectivity index (χ1) is 15.9. The van der Waals surface area contributed by atoms with Crippen LogP contribution in [-0.2, 0) is 21.3 Å². The van der Waals surface area contributed by atoms with E-state index < -0.39 is 14.9 Å². The molecular formula is C24H27N3O5S. The Morgan fingerprint density at radius 3 is 2.39 bits per heavy atom. The molecule has 1 heterocycles. The number of hydrogen-bond donors (Lipinski definition) is 0. The van der Waals surface area contributed by atoms with Crippen molar-refractivity contribution < 1.29 is 18.1 Å². The Kier molecular flexibility index (Phi) is 7.34. The molecular weight excluding hydrogens is 442 g/mol. The number of morpholine rings is 1. The summed E-state index contributed by atoms with van der Waals surface area (Å²) in [5.74, 6) is 0. The second kappa shape index (κ2) is 10.4. The average Bonchev–Trinajstić information content (AvgIpc) is 2.84. The number of non-ortho nitro benzene ring substituents is 1. The lowest BCUT2D eigenvalue weighted by Gasteiger charge is -2.28. The normalized spacial score (nSPS) is 15.2. The van der Waals surface area contributed by atoms with Crippen molar-refractivity contribution in [1.82, 2.24) is 9.21 Å². The fourth-order valence-electron chi connectivity index (χ4n) is 4.07. The van der Waals surface area contributed by atoms with Crippen LogP contribution in [0.15, 0.2) is 71.6 Å². The standard InChI is InChI=1S/C24H27N3O5S/c28-27(29)22-11-9-20(10-12-22)19-26(14-4-13-25-15-17-32-18-16-25)33(30,31)24-8-3-6-21-5-1-2-7-23(21)24/h1-3,5-12H,4,13-19H2. The third-order valence-electron chi connectivity index (χ3n) is 5.86. The highest BCUT2D eigenvalue weighted by molar-refractivity contribution is 7.89. The molecule has 1 aliphatic heterocycles. The molecule has 0 radical (unpaired) electrons. The van der Waals surface area contributed by atoms with Crippen molar-refractivity contribution >= 4 is 26.5 Å². The highest BCUT2D eigenvalue weighted by atomic mass is 32.2. The molecule has 3 aromatic carbocycles. The van der Waals surface area contributed by atoms with Gasteiger partial charge in [0.05, 0.1) is 23.0 Å². The number of benzene rings is 3. The molecule has 9 heteroatoms. The van der Waals surface area contributed by atoms with E-state index in [1.165, 1.54) is 16.4 Å². The fourth-order valence-corrected chi connectivity index (χ4v) is 5.75. The maximum atomic E-state index is 13.8. The minimum atomic E-state index is -3.80. The topological polar surface area (TPSA) is 93.0 Å². The van der Waals surface area contributed by atoms with Gasteiger partial charge in [-0.3, -0.25) is 15.0 Å². The lowest BCUT2D eigenvalue weighted by molar-refractivity contribution is -0.384. The zero-order chi connectivity index (χ0) is 23.3. The smallest absolute Gasteiger partial charge is 0.269 e. The highest BCUT2D eigenvalue weighted by Gasteiger charge is 2.26. The Balaban J connectivity index is 1.60. The summed E-state index contributed by atoms with van der Waals surface area (Å²) in [6, 6.07) is 18.8. The third-order valence-corrected chi connectivity index (χ3v) is 7.76. The third kappa shape index (κ3) is 5.56. The maximum absolute atomic E-state index is 13.8. The van der Waals surface area contributed by atoms with Crippen molar-refractivity contribution in [1.29, 1.82) is 0 Å². The van der Waals surface area contributed by atoms with Gasteiger partial charge in [0.25, 0.3) is 5.69 Å².